The van der Waals surface area contributed by atoms with Gasteiger partial charge in [-0.1, -0.05) is 12.1 Å². The van der Waals surface area contributed by atoms with Gasteiger partial charge in [0.15, 0.2) is 0 Å². The van der Waals surface area contributed by atoms with Crippen molar-refractivity contribution in [3.8, 4) is 0 Å². The molecule has 6 heteroatoms. The van der Waals surface area contributed by atoms with Crippen LogP contribution in [0.2, 0.25) is 0 Å². The molecule has 2 aromatic rings. The van der Waals surface area contributed by atoms with Crippen molar-refractivity contribution in [1.82, 2.24) is 10.3 Å². The zero-order chi connectivity index (χ0) is 14.5. The highest BCUT2D eigenvalue weighted by atomic mass is 32.1. The number of urea groups is 1. The molecule has 0 radical (unpaired) electrons. The standard InChI is InChI=1S/C14H18N4OS/c1-9(15)11-3-5-12(6-4-11)18-14(19)16-7-13-8-20-10(2)17-13/h3-6,8-9H,7,15H2,1-2H3,(H2,16,18,19). The summed E-state index contributed by atoms with van der Waals surface area (Å²) >= 11 is 1.57. The van der Waals surface area contributed by atoms with Crippen LogP contribution in [0.3, 0.4) is 0 Å². The largest absolute Gasteiger partial charge is 0.332 e. The van der Waals surface area contributed by atoms with Crippen molar-refractivity contribution < 1.29 is 4.79 Å². The Hall–Kier alpha value is -1.92. The van der Waals surface area contributed by atoms with E-state index in [1.165, 1.54) is 0 Å². The molecule has 2 rings (SSSR count). The van der Waals surface area contributed by atoms with Crippen LogP contribution in [0, 0.1) is 6.92 Å². The Balaban J connectivity index is 1.84. The summed E-state index contributed by atoms with van der Waals surface area (Å²) in [5, 5.41) is 8.47. The summed E-state index contributed by atoms with van der Waals surface area (Å²) in [6.07, 6.45) is 0. The number of hydrogen-bond donors (Lipinski definition) is 3. The number of anilines is 1. The number of rotatable bonds is 4. The first-order valence-corrected chi connectivity index (χ1v) is 7.24. The summed E-state index contributed by atoms with van der Waals surface area (Å²) in [5.74, 6) is 0. The Morgan fingerprint density at radius 2 is 2.10 bits per heavy atom. The summed E-state index contributed by atoms with van der Waals surface area (Å²) in [7, 11) is 0. The van der Waals surface area contributed by atoms with Gasteiger partial charge >= 0.3 is 6.03 Å². The summed E-state index contributed by atoms with van der Waals surface area (Å²) in [5.41, 5.74) is 8.42. The highest BCUT2D eigenvalue weighted by Gasteiger charge is 2.04. The number of hydrogen-bond acceptors (Lipinski definition) is 4. The monoisotopic (exact) mass is 290 g/mol. The van der Waals surface area contributed by atoms with Crippen LogP contribution in [0.4, 0.5) is 10.5 Å². The van der Waals surface area contributed by atoms with Crippen LogP contribution in [0.25, 0.3) is 0 Å². The lowest BCUT2D eigenvalue weighted by Crippen LogP contribution is -2.28. The molecule has 0 aliphatic carbocycles. The average Bonchev–Trinajstić information content (AvgIpc) is 2.83. The quantitative estimate of drug-likeness (QED) is 0.810. The van der Waals surface area contributed by atoms with Crippen molar-refractivity contribution in [3.63, 3.8) is 0 Å². The Bertz CT molecular complexity index is 577. The SMILES string of the molecule is Cc1nc(CNC(=O)Nc2ccc(C(C)N)cc2)cs1. The van der Waals surface area contributed by atoms with Crippen molar-refractivity contribution in [2.45, 2.75) is 26.4 Å². The molecule has 0 aliphatic rings. The molecule has 106 valence electrons. The van der Waals surface area contributed by atoms with Crippen LogP contribution in [0.1, 0.15) is 29.2 Å². The van der Waals surface area contributed by atoms with Crippen molar-refractivity contribution >= 4 is 23.1 Å². The van der Waals surface area contributed by atoms with Crippen molar-refractivity contribution in [1.29, 1.82) is 0 Å². The Morgan fingerprint density at radius 3 is 2.65 bits per heavy atom. The van der Waals surface area contributed by atoms with Gasteiger partial charge in [-0.05, 0) is 31.5 Å². The molecule has 1 aromatic heterocycles. The van der Waals surface area contributed by atoms with Gasteiger partial charge in [-0.25, -0.2) is 9.78 Å². The zero-order valence-corrected chi connectivity index (χ0v) is 12.3. The molecule has 0 saturated heterocycles. The lowest BCUT2D eigenvalue weighted by Gasteiger charge is -2.09. The molecule has 0 saturated carbocycles. The first kappa shape index (κ1) is 14.5. The van der Waals surface area contributed by atoms with E-state index in [2.05, 4.69) is 15.6 Å². The fourth-order valence-electron chi connectivity index (χ4n) is 1.71. The van der Waals surface area contributed by atoms with E-state index >= 15 is 0 Å². The second kappa shape index (κ2) is 6.49. The molecule has 1 aromatic carbocycles. The maximum absolute atomic E-state index is 11.7. The maximum Gasteiger partial charge on any atom is 0.319 e. The normalized spacial score (nSPS) is 11.9. The molecule has 5 nitrogen and oxygen atoms in total. The van der Waals surface area contributed by atoms with Crippen LogP contribution >= 0.6 is 11.3 Å². The highest BCUT2D eigenvalue weighted by molar-refractivity contribution is 7.09. The number of carbonyl (C=O) groups excluding carboxylic acids is 1. The molecule has 0 aliphatic heterocycles. The third kappa shape index (κ3) is 4.04. The minimum atomic E-state index is -0.246. The van der Waals surface area contributed by atoms with E-state index in [9.17, 15) is 4.79 Å². The van der Waals surface area contributed by atoms with E-state index in [4.69, 9.17) is 5.73 Å². The highest BCUT2D eigenvalue weighted by Crippen LogP contribution is 2.14. The fourth-order valence-corrected chi connectivity index (χ4v) is 2.32. The van der Waals surface area contributed by atoms with Crippen LogP contribution in [0.5, 0.6) is 0 Å². The van der Waals surface area contributed by atoms with E-state index in [-0.39, 0.29) is 12.1 Å². The number of aromatic nitrogens is 1. The minimum Gasteiger partial charge on any atom is -0.332 e. The lowest BCUT2D eigenvalue weighted by molar-refractivity contribution is 0.251. The number of benzene rings is 1. The molecule has 0 fully saturated rings. The number of nitrogens with zero attached hydrogens (tertiary/aromatic N) is 1. The van der Waals surface area contributed by atoms with Crippen molar-refractivity contribution in [3.05, 3.63) is 45.9 Å². The molecule has 1 unspecified atom stereocenters. The molecule has 4 N–H and O–H groups in total. The Morgan fingerprint density at radius 1 is 1.40 bits per heavy atom. The van der Waals surface area contributed by atoms with Crippen LogP contribution in [0.15, 0.2) is 29.6 Å². The smallest absolute Gasteiger partial charge is 0.319 e. The number of nitrogens with one attached hydrogen (secondary N) is 2. The van der Waals surface area contributed by atoms with Gasteiger partial charge in [-0.2, -0.15) is 0 Å². The molecule has 0 bridgehead atoms. The van der Waals surface area contributed by atoms with Crippen LogP contribution in [-0.4, -0.2) is 11.0 Å². The van der Waals surface area contributed by atoms with Gasteiger partial charge < -0.3 is 16.4 Å². The third-order valence-corrected chi connectivity index (χ3v) is 3.61. The van der Waals surface area contributed by atoms with E-state index in [1.54, 1.807) is 11.3 Å². The van der Waals surface area contributed by atoms with Crippen LogP contribution < -0.4 is 16.4 Å². The van der Waals surface area contributed by atoms with E-state index < -0.39 is 0 Å². The molecule has 1 atom stereocenters. The first-order valence-electron chi connectivity index (χ1n) is 6.36. The third-order valence-electron chi connectivity index (χ3n) is 2.79. The second-order valence-electron chi connectivity index (χ2n) is 4.58. The van der Waals surface area contributed by atoms with Gasteiger partial charge in [0.25, 0.3) is 0 Å². The molecule has 2 amide bonds. The summed E-state index contributed by atoms with van der Waals surface area (Å²) < 4.78 is 0. The Kier molecular flexibility index (Phi) is 4.70. The lowest BCUT2D eigenvalue weighted by atomic mass is 10.1. The molecular weight excluding hydrogens is 272 g/mol. The van der Waals surface area contributed by atoms with Gasteiger partial charge in [-0.15, -0.1) is 11.3 Å². The van der Waals surface area contributed by atoms with Gasteiger partial charge in [0, 0.05) is 17.1 Å². The van der Waals surface area contributed by atoms with E-state index in [1.807, 2.05) is 43.5 Å². The van der Waals surface area contributed by atoms with Gasteiger partial charge in [0.2, 0.25) is 0 Å². The number of nitrogens with two attached hydrogens (primary N) is 1. The predicted molar refractivity (Wildman–Crippen MR) is 81.8 cm³/mol. The molecule has 20 heavy (non-hydrogen) atoms. The number of thiazole rings is 1. The number of carbonyl (C=O) groups is 1. The predicted octanol–water partition coefficient (Wildman–Crippen LogP) is 2.79. The summed E-state index contributed by atoms with van der Waals surface area (Å²) in [6.45, 7) is 4.29. The maximum atomic E-state index is 11.7. The topological polar surface area (TPSA) is 80.0 Å². The summed E-state index contributed by atoms with van der Waals surface area (Å²) in [4.78, 5) is 16.0. The second-order valence-corrected chi connectivity index (χ2v) is 5.64. The van der Waals surface area contributed by atoms with Gasteiger partial charge in [-0.3, -0.25) is 0 Å². The number of aryl methyl sites for hydroxylation is 1. The van der Waals surface area contributed by atoms with E-state index in [0.717, 1.165) is 22.0 Å². The zero-order valence-electron chi connectivity index (χ0n) is 11.5. The van der Waals surface area contributed by atoms with Gasteiger partial charge in [0.1, 0.15) is 0 Å². The molecular formula is C14H18N4OS. The molecule has 1 heterocycles. The minimum absolute atomic E-state index is 0.00854. The van der Waals surface area contributed by atoms with E-state index in [0.29, 0.717) is 6.54 Å². The Labute approximate surface area is 122 Å². The fraction of sp³-hybridized carbons (Fsp3) is 0.286. The number of amides is 2. The average molecular weight is 290 g/mol. The molecule has 0 spiro atoms. The first-order chi connectivity index (χ1) is 9.54. The van der Waals surface area contributed by atoms with Crippen molar-refractivity contribution in [2.24, 2.45) is 5.73 Å². The van der Waals surface area contributed by atoms with Crippen LogP contribution in [-0.2, 0) is 6.54 Å². The van der Waals surface area contributed by atoms with Crippen molar-refractivity contribution in [2.75, 3.05) is 5.32 Å². The van der Waals surface area contributed by atoms with Gasteiger partial charge in [0.05, 0.1) is 17.2 Å². The summed E-state index contributed by atoms with van der Waals surface area (Å²) in [6, 6.07) is 7.24.